The van der Waals surface area contributed by atoms with Gasteiger partial charge in [0.05, 0.1) is 0 Å². The SMILES string of the molecule is CC(=O)OCC1(C)C=Cc2c(cc(C)c(NC(=O)Nc3ccccc3)c2C)O1. The van der Waals surface area contributed by atoms with Crippen LogP contribution in [0.3, 0.4) is 0 Å². The standard InChI is InChI=1S/C22H24N2O4/c1-14-12-19-18(10-11-22(4,28-19)13-27-16(3)25)15(2)20(14)24-21(26)23-17-8-6-5-7-9-17/h5-12H,13H2,1-4H3,(H2,23,24,26). The van der Waals surface area contributed by atoms with Crippen molar-refractivity contribution in [2.45, 2.75) is 33.3 Å². The summed E-state index contributed by atoms with van der Waals surface area (Å²) in [6.45, 7) is 7.22. The first-order valence-corrected chi connectivity index (χ1v) is 9.06. The number of rotatable bonds is 4. The molecule has 0 fully saturated rings. The molecule has 1 aliphatic heterocycles. The van der Waals surface area contributed by atoms with Crippen LogP contribution >= 0.6 is 0 Å². The van der Waals surface area contributed by atoms with Crippen molar-refractivity contribution in [2.75, 3.05) is 17.2 Å². The maximum Gasteiger partial charge on any atom is 0.323 e. The van der Waals surface area contributed by atoms with Crippen LogP contribution in [0.25, 0.3) is 6.08 Å². The molecule has 0 bridgehead atoms. The van der Waals surface area contributed by atoms with Crippen LogP contribution < -0.4 is 15.4 Å². The molecule has 2 amide bonds. The topological polar surface area (TPSA) is 76.7 Å². The molecule has 2 N–H and O–H groups in total. The first kappa shape index (κ1) is 19.5. The molecule has 0 saturated heterocycles. The van der Waals surface area contributed by atoms with Crippen molar-refractivity contribution in [3.05, 3.63) is 59.2 Å². The van der Waals surface area contributed by atoms with E-state index in [4.69, 9.17) is 9.47 Å². The van der Waals surface area contributed by atoms with E-state index in [1.807, 2.05) is 69.3 Å². The molecule has 2 aromatic carbocycles. The second-order valence-electron chi connectivity index (χ2n) is 7.08. The fraction of sp³-hybridized carbons (Fsp3) is 0.273. The molecule has 0 saturated carbocycles. The summed E-state index contributed by atoms with van der Waals surface area (Å²) in [5.74, 6) is 0.349. The minimum absolute atomic E-state index is 0.135. The summed E-state index contributed by atoms with van der Waals surface area (Å²) in [5, 5.41) is 5.75. The average molecular weight is 380 g/mol. The number of esters is 1. The maximum atomic E-state index is 12.4. The summed E-state index contributed by atoms with van der Waals surface area (Å²) in [4.78, 5) is 23.5. The number of anilines is 2. The predicted octanol–water partition coefficient (Wildman–Crippen LogP) is 4.67. The number of nitrogens with one attached hydrogen (secondary N) is 2. The van der Waals surface area contributed by atoms with Crippen LogP contribution in [0.15, 0.2) is 42.5 Å². The van der Waals surface area contributed by atoms with Crippen LogP contribution in [0.5, 0.6) is 5.75 Å². The number of para-hydroxylation sites is 1. The third-order valence-electron chi connectivity index (χ3n) is 4.56. The number of carbonyl (C=O) groups is 2. The number of carbonyl (C=O) groups excluding carboxylic acids is 2. The first-order valence-electron chi connectivity index (χ1n) is 9.06. The van der Waals surface area contributed by atoms with Crippen LogP contribution in [0.4, 0.5) is 16.2 Å². The summed E-state index contributed by atoms with van der Waals surface area (Å²) in [6.07, 6.45) is 3.81. The van der Waals surface area contributed by atoms with Gasteiger partial charge in [0.15, 0.2) is 5.60 Å². The molecular formula is C22H24N2O4. The number of hydrogen-bond acceptors (Lipinski definition) is 4. The smallest absolute Gasteiger partial charge is 0.323 e. The number of aryl methyl sites for hydroxylation is 1. The lowest BCUT2D eigenvalue weighted by Crippen LogP contribution is -2.38. The van der Waals surface area contributed by atoms with Gasteiger partial charge in [0.2, 0.25) is 0 Å². The number of urea groups is 1. The van der Waals surface area contributed by atoms with Crippen molar-refractivity contribution >= 4 is 29.5 Å². The van der Waals surface area contributed by atoms with Crippen molar-refractivity contribution in [3.63, 3.8) is 0 Å². The predicted molar refractivity (Wildman–Crippen MR) is 110 cm³/mol. The highest BCUT2D eigenvalue weighted by Gasteiger charge is 2.30. The Kier molecular flexibility index (Phi) is 5.40. The minimum atomic E-state index is -0.725. The second-order valence-corrected chi connectivity index (χ2v) is 7.08. The Hall–Kier alpha value is -3.28. The zero-order valence-electron chi connectivity index (χ0n) is 16.5. The number of hydrogen-bond donors (Lipinski definition) is 2. The highest BCUT2D eigenvalue weighted by Crippen LogP contribution is 2.38. The zero-order chi connectivity index (χ0) is 20.3. The van der Waals surface area contributed by atoms with Gasteiger partial charge in [0, 0.05) is 23.9 Å². The van der Waals surface area contributed by atoms with E-state index in [1.165, 1.54) is 6.92 Å². The normalized spacial score (nSPS) is 17.3. The fourth-order valence-electron chi connectivity index (χ4n) is 3.11. The Labute approximate surface area is 164 Å². The van der Waals surface area contributed by atoms with E-state index in [1.54, 1.807) is 0 Å². The van der Waals surface area contributed by atoms with Gasteiger partial charge in [0.25, 0.3) is 0 Å². The molecule has 1 heterocycles. The molecule has 146 valence electrons. The van der Waals surface area contributed by atoms with Gasteiger partial charge in [-0.05, 0) is 56.2 Å². The number of fused-ring (bicyclic) bond motifs is 1. The minimum Gasteiger partial charge on any atom is -0.479 e. The summed E-state index contributed by atoms with van der Waals surface area (Å²) >= 11 is 0. The molecule has 1 aliphatic rings. The number of benzene rings is 2. The van der Waals surface area contributed by atoms with Gasteiger partial charge in [-0.25, -0.2) is 4.79 Å². The van der Waals surface area contributed by atoms with Gasteiger partial charge in [-0.2, -0.15) is 0 Å². The fourth-order valence-corrected chi connectivity index (χ4v) is 3.11. The first-order chi connectivity index (χ1) is 13.3. The molecule has 1 unspecified atom stereocenters. The largest absolute Gasteiger partial charge is 0.479 e. The molecule has 6 nitrogen and oxygen atoms in total. The van der Waals surface area contributed by atoms with Gasteiger partial charge in [0.1, 0.15) is 12.4 Å². The van der Waals surface area contributed by atoms with Crippen molar-refractivity contribution < 1.29 is 19.1 Å². The Morgan fingerprint density at radius 3 is 2.54 bits per heavy atom. The Morgan fingerprint density at radius 2 is 1.86 bits per heavy atom. The quantitative estimate of drug-likeness (QED) is 0.756. The third kappa shape index (κ3) is 4.34. The van der Waals surface area contributed by atoms with Crippen molar-refractivity contribution in [3.8, 4) is 5.75 Å². The Balaban J connectivity index is 1.80. The summed E-state index contributed by atoms with van der Waals surface area (Å²) in [7, 11) is 0. The molecule has 6 heteroatoms. The number of amides is 2. The molecule has 0 spiro atoms. The lowest BCUT2D eigenvalue weighted by Gasteiger charge is -2.32. The van der Waals surface area contributed by atoms with Gasteiger partial charge >= 0.3 is 12.0 Å². The second kappa shape index (κ2) is 7.76. The van der Waals surface area contributed by atoms with Gasteiger partial charge in [-0.1, -0.05) is 24.3 Å². The van der Waals surface area contributed by atoms with Crippen molar-refractivity contribution in [1.29, 1.82) is 0 Å². The van der Waals surface area contributed by atoms with Crippen molar-refractivity contribution in [2.24, 2.45) is 0 Å². The number of ether oxygens (including phenoxy) is 2. The van der Waals surface area contributed by atoms with Gasteiger partial charge in [-0.3, -0.25) is 4.79 Å². The van der Waals surface area contributed by atoms with E-state index in [0.717, 1.165) is 28.1 Å². The molecule has 0 aliphatic carbocycles. The van der Waals surface area contributed by atoms with Crippen LogP contribution in [0, 0.1) is 13.8 Å². The highest BCUT2D eigenvalue weighted by molar-refractivity contribution is 6.01. The molecule has 1 atom stereocenters. The summed E-state index contributed by atoms with van der Waals surface area (Å²) in [5.41, 5.74) is 3.41. The molecule has 0 aromatic heterocycles. The Morgan fingerprint density at radius 1 is 1.14 bits per heavy atom. The Bertz CT molecular complexity index is 937. The van der Waals surface area contributed by atoms with Crippen LogP contribution in [0.2, 0.25) is 0 Å². The van der Waals surface area contributed by atoms with Crippen molar-refractivity contribution in [1.82, 2.24) is 0 Å². The van der Waals surface area contributed by atoms with Crippen LogP contribution in [-0.4, -0.2) is 24.2 Å². The monoisotopic (exact) mass is 380 g/mol. The maximum absolute atomic E-state index is 12.4. The van der Waals surface area contributed by atoms with E-state index >= 15 is 0 Å². The van der Waals surface area contributed by atoms with E-state index in [9.17, 15) is 9.59 Å². The molecule has 3 rings (SSSR count). The summed E-state index contributed by atoms with van der Waals surface area (Å²) in [6, 6.07) is 10.8. The summed E-state index contributed by atoms with van der Waals surface area (Å²) < 4.78 is 11.2. The van der Waals surface area contributed by atoms with E-state index in [0.29, 0.717) is 5.75 Å². The van der Waals surface area contributed by atoms with Gasteiger partial charge < -0.3 is 20.1 Å². The molecule has 0 radical (unpaired) electrons. The van der Waals surface area contributed by atoms with Gasteiger partial charge in [-0.15, -0.1) is 0 Å². The third-order valence-corrected chi connectivity index (χ3v) is 4.56. The molecule has 2 aromatic rings. The highest BCUT2D eigenvalue weighted by atomic mass is 16.6. The average Bonchev–Trinajstić information content (AvgIpc) is 2.64. The lowest BCUT2D eigenvalue weighted by atomic mass is 9.95. The zero-order valence-corrected chi connectivity index (χ0v) is 16.5. The molecule has 28 heavy (non-hydrogen) atoms. The van der Waals surface area contributed by atoms with E-state index in [2.05, 4.69) is 10.6 Å². The molecular weight excluding hydrogens is 356 g/mol. The van der Waals surface area contributed by atoms with E-state index in [-0.39, 0.29) is 18.6 Å². The van der Waals surface area contributed by atoms with Crippen LogP contribution in [0.1, 0.15) is 30.5 Å². The van der Waals surface area contributed by atoms with Crippen LogP contribution in [-0.2, 0) is 9.53 Å². The van der Waals surface area contributed by atoms with E-state index < -0.39 is 5.60 Å². The lowest BCUT2D eigenvalue weighted by molar-refractivity contribution is -0.145.